The lowest BCUT2D eigenvalue weighted by Gasteiger charge is -2.50. The molecule has 1 unspecified atom stereocenters. The molecule has 4 rings (SSSR count). The highest BCUT2D eigenvalue weighted by Gasteiger charge is 2.45. The molecule has 0 aliphatic carbocycles. The molecule has 2 nitrogen and oxygen atoms in total. The smallest absolute Gasteiger partial charge is 0.124 e. The predicted octanol–water partition coefficient (Wildman–Crippen LogP) is 8.02. The standard InChI is InChI=1S/C29H29ClF2N2S/c1-4-35-26-14-22(13-25(31)15-26)27(29(2,3)32)23-17-34(18-23)28(20-8-10-24(30)11-9-20)21-7-5-6-19(12-21)16-33/h5-15,23,27-28H,4,17-18H2,1-3H3/t27-,28?/m1/s1. The normalized spacial score (nSPS) is 16.4. The van der Waals surface area contributed by atoms with Gasteiger partial charge in [0, 0.05) is 28.9 Å². The molecule has 35 heavy (non-hydrogen) atoms. The lowest BCUT2D eigenvalue weighted by Crippen LogP contribution is -2.53. The highest BCUT2D eigenvalue weighted by atomic mass is 35.5. The van der Waals surface area contributed by atoms with Crippen LogP contribution in [0, 0.1) is 23.1 Å². The quantitative estimate of drug-likeness (QED) is 0.287. The first-order valence-electron chi connectivity index (χ1n) is 11.8. The molecular weight excluding hydrogens is 482 g/mol. The largest absolute Gasteiger partial charge is 0.292 e. The van der Waals surface area contributed by atoms with E-state index < -0.39 is 11.6 Å². The number of hydrogen-bond donors (Lipinski definition) is 0. The van der Waals surface area contributed by atoms with E-state index in [9.17, 15) is 9.65 Å². The molecule has 3 aromatic rings. The number of thioether (sulfide) groups is 1. The fourth-order valence-electron chi connectivity index (χ4n) is 5.25. The van der Waals surface area contributed by atoms with Gasteiger partial charge in [0.25, 0.3) is 0 Å². The Kier molecular flexibility index (Phi) is 7.86. The van der Waals surface area contributed by atoms with Crippen LogP contribution in [0.1, 0.15) is 55.0 Å². The first-order valence-corrected chi connectivity index (χ1v) is 13.2. The van der Waals surface area contributed by atoms with E-state index >= 15 is 4.39 Å². The maximum Gasteiger partial charge on any atom is 0.124 e. The van der Waals surface area contributed by atoms with Crippen LogP contribution in [0.2, 0.25) is 5.02 Å². The van der Waals surface area contributed by atoms with Crippen molar-refractivity contribution in [2.45, 2.75) is 43.3 Å². The van der Waals surface area contributed by atoms with E-state index in [1.165, 1.54) is 12.1 Å². The molecule has 0 N–H and O–H groups in total. The van der Waals surface area contributed by atoms with Gasteiger partial charge in [0.05, 0.1) is 17.7 Å². The molecule has 182 valence electrons. The van der Waals surface area contributed by atoms with Crippen LogP contribution < -0.4 is 0 Å². The molecule has 1 aliphatic heterocycles. The summed E-state index contributed by atoms with van der Waals surface area (Å²) in [4.78, 5) is 3.13. The van der Waals surface area contributed by atoms with Gasteiger partial charge in [0.1, 0.15) is 11.5 Å². The van der Waals surface area contributed by atoms with Crippen molar-refractivity contribution in [3.63, 3.8) is 0 Å². The minimum Gasteiger partial charge on any atom is -0.292 e. The van der Waals surface area contributed by atoms with Crippen LogP contribution in [0.3, 0.4) is 0 Å². The van der Waals surface area contributed by atoms with Crippen molar-refractivity contribution in [2.24, 2.45) is 5.92 Å². The van der Waals surface area contributed by atoms with Gasteiger partial charge in [0.2, 0.25) is 0 Å². The molecule has 0 aromatic heterocycles. The Morgan fingerprint density at radius 1 is 1.06 bits per heavy atom. The second-order valence-corrected chi connectivity index (χ2v) is 11.4. The van der Waals surface area contributed by atoms with Gasteiger partial charge in [-0.15, -0.1) is 11.8 Å². The summed E-state index contributed by atoms with van der Waals surface area (Å²) in [6, 6.07) is 22.4. The van der Waals surface area contributed by atoms with Gasteiger partial charge in [-0.1, -0.05) is 42.8 Å². The van der Waals surface area contributed by atoms with Crippen LogP contribution in [-0.2, 0) is 0 Å². The van der Waals surface area contributed by atoms with Crippen molar-refractivity contribution < 1.29 is 8.78 Å². The molecular formula is C29H29ClF2N2S. The summed E-state index contributed by atoms with van der Waals surface area (Å²) < 4.78 is 30.0. The van der Waals surface area contributed by atoms with Gasteiger partial charge in [-0.25, -0.2) is 8.78 Å². The minimum atomic E-state index is -1.50. The van der Waals surface area contributed by atoms with Crippen molar-refractivity contribution in [3.05, 3.63) is 99.8 Å². The topological polar surface area (TPSA) is 27.0 Å². The SMILES string of the molecule is CCSc1cc(F)cc([C@H](C2CN(C(c3ccc(Cl)cc3)c3cccc(C#N)c3)C2)C(C)(C)F)c1. The Morgan fingerprint density at radius 3 is 2.40 bits per heavy atom. The number of alkyl halides is 1. The summed E-state index contributed by atoms with van der Waals surface area (Å²) in [5, 5.41) is 10.1. The number of halogens is 3. The van der Waals surface area contributed by atoms with E-state index in [1.807, 2.05) is 55.5 Å². The van der Waals surface area contributed by atoms with Gasteiger partial charge < -0.3 is 0 Å². The molecule has 1 fully saturated rings. The number of nitriles is 1. The molecule has 3 aromatic carbocycles. The average Bonchev–Trinajstić information content (AvgIpc) is 2.78. The number of hydrogen-bond acceptors (Lipinski definition) is 3. The maximum absolute atomic E-state index is 15.6. The van der Waals surface area contributed by atoms with Gasteiger partial charge in [-0.05, 0) is 84.7 Å². The molecule has 1 saturated heterocycles. The third-order valence-corrected chi connectivity index (χ3v) is 7.70. The van der Waals surface area contributed by atoms with Crippen LogP contribution in [0.4, 0.5) is 8.78 Å². The summed E-state index contributed by atoms with van der Waals surface area (Å²) in [7, 11) is 0. The summed E-state index contributed by atoms with van der Waals surface area (Å²) in [6.07, 6.45) is 0. The first kappa shape index (κ1) is 25.7. The summed E-state index contributed by atoms with van der Waals surface area (Å²) in [5.74, 6) is 0.109. The number of benzene rings is 3. The van der Waals surface area contributed by atoms with E-state index in [0.29, 0.717) is 29.2 Å². The fraction of sp³-hybridized carbons (Fsp3) is 0.345. The third kappa shape index (κ3) is 5.89. The molecule has 1 heterocycles. The van der Waals surface area contributed by atoms with E-state index in [0.717, 1.165) is 21.8 Å². The highest BCUT2D eigenvalue weighted by molar-refractivity contribution is 7.99. The Morgan fingerprint density at radius 2 is 1.77 bits per heavy atom. The minimum absolute atomic E-state index is 0.0326. The van der Waals surface area contributed by atoms with Gasteiger partial charge in [0.15, 0.2) is 0 Å². The van der Waals surface area contributed by atoms with Gasteiger partial charge in [-0.2, -0.15) is 5.26 Å². The number of rotatable bonds is 8. The summed E-state index contributed by atoms with van der Waals surface area (Å²) >= 11 is 7.70. The van der Waals surface area contributed by atoms with E-state index in [-0.39, 0.29) is 17.8 Å². The monoisotopic (exact) mass is 510 g/mol. The Hall–Kier alpha value is -2.39. The zero-order valence-electron chi connectivity index (χ0n) is 20.1. The number of nitrogens with zero attached hydrogens (tertiary/aromatic N) is 2. The van der Waals surface area contributed by atoms with Crippen LogP contribution in [-0.4, -0.2) is 29.4 Å². The molecule has 2 atom stereocenters. The van der Waals surface area contributed by atoms with Crippen molar-refractivity contribution in [1.29, 1.82) is 5.26 Å². The molecule has 1 aliphatic rings. The summed E-state index contributed by atoms with van der Waals surface area (Å²) in [5.41, 5.74) is 1.88. The Labute approximate surface area is 215 Å². The van der Waals surface area contributed by atoms with Crippen LogP contribution in [0.25, 0.3) is 0 Å². The summed E-state index contributed by atoms with van der Waals surface area (Å²) in [6.45, 7) is 6.52. The zero-order chi connectivity index (χ0) is 25.2. The van der Waals surface area contributed by atoms with Gasteiger partial charge >= 0.3 is 0 Å². The van der Waals surface area contributed by atoms with E-state index in [2.05, 4.69) is 11.0 Å². The van der Waals surface area contributed by atoms with Crippen molar-refractivity contribution in [3.8, 4) is 6.07 Å². The second kappa shape index (κ2) is 10.7. The molecule has 0 radical (unpaired) electrons. The van der Waals surface area contributed by atoms with Crippen molar-refractivity contribution in [1.82, 2.24) is 4.90 Å². The van der Waals surface area contributed by atoms with Crippen LogP contribution in [0.15, 0.2) is 71.6 Å². The Bertz CT molecular complexity index is 1210. The molecule has 0 bridgehead atoms. The third-order valence-electron chi connectivity index (χ3n) is 6.60. The van der Waals surface area contributed by atoms with Crippen molar-refractivity contribution in [2.75, 3.05) is 18.8 Å². The molecule has 0 saturated carbocycles. The van der Waals surface area contributed by atoms with E-state index in [1.54, 1.807) is 31.7 Å². The molecule has 0 spiro atoms. The Balaban J connectivity index is 1.65. The predicted molar refractivity (Wildman–Crippen MR) is 140 cm³/mol. The van der Waals surface area contributed by atoms with Crippen molar-refractivity contribution >= 4 is 23.4 Å². The molecule has 0 amide bonds. The lowest BCUT2D eigenvalue weighted by atomic mass is 9.72. The van der Waals surface area contributed by atoms with Crippen LogP contribution >= 0.6 is 23.4 Å². The van der Waals surface area contributed by atoms with E-state index in [4.69, 9.17) is 11.6 Å². The highest BCUT2D eigenvalue weighted by Crippen LogP contribution is 2.46. The molecule has 6 heteroatoms. The fourth-order valence-corrected chi connectivity index (χ4v) is 6.13. The zero-order valence-corrected chi connectivity index (χ0v) is 21.7. The first-order chi connectivity index (χ1) is 16.7. The number of likely N-dealkylation sites (tertiary alicyclic amines) is 1. The maximum atomic E-state index is 15.6. The average molecular weight is 511 g/mol. The lowest BCUT2D eigenvalue weighted by molar-refractivity contribution is 0.00806. The van der Waals surface area contributed by atoms with Gasteiger partial charge in [-0.3, -0.25) is 4.90 Å². The second-order valence-electron chi connectivity index (χ2n) is 9.60. The van der Waals surface area contributed by atoms with Crippen LogP contribution in [0.5, 0.6) is 0 Å².